The minimum atomic E-state index is -0.966. The predicted octanol–water partition coefficient (Wildman–Crippen LogP) is 7.54. The quantitative estimate of drug-likeness (QED) is 0.101. The summed E-state index contributed by atoms with van der Waals surface area (Å²) in [7, 11) is 2.88. The van der Waals surface area contributed by atoms with Gasteiger partial charge in [0.25, 0.3) is 0 Å². The average Bonchev–Trinajstić information content (AvgIpc) is 2.94. The summed E-state index contributed by atoms with van der Waals surface area (Å²) < 4.78 is 5.68. The molecule has 0 amide bonds. The molecule has 1 saturated carbocycles. The lowest BCUT2D eigenvalue weighted by Crippen LogP contribution is -2.26. The molecule has 228 valence electrons. The molecule has 4 N–H and O–H groups in total. The van der Waals surface area contributed by atoms with E-state index in [0.29, 0.717) is 5.76 Å². The van der Waals surface area contributed by atoms with Gasteiger partial charge in [0.1, 0.15) is 10.7 Å². The SMILES string of the molecule is C#C.C=C/C(=C\N)O[C@@H](C)CC[C@@H](C)N(C)/C=C(/S/C(C#CC(C)(C)C)=C\C)C(=O)O.CC1CCCCC1.CO. The largest absolute Gasteiger partial charge is 0.489 e. The van der Waals surface area contributed by atoms with Gasteiger partial charge < -0.3 is 25.6 Å². The molecule has 40 heavy (non-hydrogen) atoms. The van der Waals surface area contributed by atoms with Gasteiger partial charge in [-0.15, -0.1) is 12.8 Å². The van der Waals surface area contributed by atoms with E-state index >= 15 is 0 Å². The first-order chi connectivity index (χ1) is 18.8. The Morgan fingerprint density at radius 3 is 2.12 bits per heavy atom. The highest BCUT2D eigenvalue weighted by Gasteiger charge is 2.16. The van der Waals surface area contributed by atoms with E-state index in [4.69, 9.17) is 15.6 Å². The van der Waals surface area contributed by atoms with Crippen molar-refractivity contribution < 1.29 is 19.7 Å². The molecule has 0 saturated heterocycles. The van der Waals surface area contributed by atoms with Gasteiger partial charge in [-0.1, -0.05) is 75.3 Å². The number of thioether (sulfide) groups is 1. The van der Waals surface area contributed by atoms with Crippen LogP contribution in [0, 0.1) is 36.0 Å². The highest BCUT2D eigenvalue weighted by Crippen LogP contribution is 2.27. The van der Waals surface area contributed by atoms with Crippen LogP contribution >= 0.6 is 11.8 Å². The number of hydrogen-bond acceptors (Lipinski definition) is 6. The van der Waals surface area contributed by atoms with Crippen LogP contribution in [-0.4, -0.2) is 47.4 Å². The van der Waals surface area contributed by atoms with Gasteiger partial charge in [0.05, 0.1) is 11.0 Å². The number of carbonyl (C=O) groups is 1. The number of allylic oxidation sites excluding steroid dienone is 3. The van der Waals surface area contributed by atoms with Crippen molar-refractivity contribution >= 4 is 17.7 Å². The predicted molar refractivity (Wildman–Crippen MR) is 174 cm³/mol. The summed E-state index contributed by atoms with van der Waals surface area (Å²) in [5.74, 6) is 6.85. The van der Waals surface area contributed by atoms with Crippen molar-refractivity contribution in [2.75, 3.05) is 14.2 Å². The van der Waals surface area contributed by atoms with Crippen LogP contribution in [0.15, 0.2) is 46.7 Å². The number of hydrogen-bond donors (Lipinski definition) is 3. The van der Waals surface area contributed by atoms with Crippen LogP contribution in [0.3, 0.4) is 0 Å². The molecule has 0 aliphatic heterocycles. The van der Waals surface area contributed by atoms with Gasteiger partial charge in [0.2, 0.25) is 0 Å². The fraction of sp³-hybridized carbons (Fsp3) is 0.606. The Kier molecular flexibility index (Phi) is 26.3. The molecule has 1 aliphatic carbocycles. The van der Waals surface area contributed by atoms with E-state index in [-0.39, 0.29) is 22.5 Å². The molecular weight excluding hydrogens is 520 g/mol. The summed E-state index contributed by atoms with van der Waals surface area (Å²) in [6.07, 6.45) is 23.5. The summed E-state index contributed by atoms with van der Waals surface area (Å²) in [4.78, 5) is 14.6. The maximum Gasteiger partial charge on any atom is 0.344 e. The van der Waals surface area contributed by atoms with Gasteiger partial charge in [0.15, 0.2) is 0 Å². The molecule has 0 spiro atoms. The highest BCUT2D eigenvalue weighted by molar-refractivity contribution is 8.07. The number of terminal acetylenes is 1. The second-order valence-electron chi connectivity index (χ2n) is 10.6. The van der Waals surface area contributed by atoms with E-state index in [1.807, 2.05) is 52.6 Å². The van der Waals surface area contributed by atoms with Crippen LogP contribution in [0.4, 0.5) is 0 Å². The van der Waals surface area contributed by atoms with Gasteiger partial charge in [0, 0.05) is 38.0 Å². The van der Waals surface area contributed by atoms with Crippen LogP contribution in [0.1, 0.15) is 93.4 Å². The zero-order valence-electron chi connectivity index (χ0n) is 26.5. The molecule has 6 nitrogen and oxygen atoms in total. The van der Waals surface area contributed by atoms with E-state index in [0.717, 1.165) is 30.8 Å². The Morgan fingerprint density at radius 1 is 1.20 bits per heavy atom. The lowest BCUT2D eigenvalue weighted by molar-refractivity contribution is -0.131. The molecule has 1 fully saturated rings. The summed E-state index contributed by atoms with van der Waals surface area (Å²) in [6.45, 7) is 18.0. The fourth-order valence-electron chi connectivity index (χ4n) is 3.39. The molecule has 1 rings (SSSR count). The van der Waals surface area contributed by atoms with Gasteiger partial charge >= 0.3 is 5.97 Å². The molecule has 7 heteroatoms. The Hall–Kier alpha value is -2.74. The van der Waals surface area contributed by atoms with Crippen molar-refractivity contribution in [1.29, 1.82) is 0 Å². The molecular formula is C33H56N2O4S. The lowest BCUT2D eigenvalue weighted by Gasteiger charge is -2.25. The maximum absolute atomic E-state index is 11.7. The first kappa shape index (κ1) is 41.7. The smallest absolute Gasteiger partial charge is 0.344 e. The van der Waals surface area contributed by atoms with E-state index < -0.39 is 5.97 Å². The fourth-order valence-corrected chi connectivity index (χ4v) is 4.16. The summed E-state index contributed by atoms with van der Waals surface area (Å²) in [6, 6.07) is 0.139. The molecule has 0 aromatic carbocycles. The van der Waals surface area contributed by atoms with Gasteiger partial charge in [-0.25, -0.2) is 4.79 Å². The van der Waals surface area contributed by atoms with Crippen LogP contribution in [0.25, 0.3) is 0 Å². The topological polar surface area (TPSA) is 96.0 Å². The molecule has 0 aromatic rings. The van der Waals surface area contributed by atoms with E-state index in [1.54, 1.807) is 12.3 Å². The third kappa shape index (κ3) is 23.2. The average molecular weight is 577 g/mol. The standard InChI is InChI=1S/C23H36N2O3S.C7H14.C2H2.CH4O/c1-9-19(15-24)28-18(4)12-11-17(3)25(8)16-21(22(26)27)29-20(10-2)13-14-23(5,6)7;1-7-5-3-2-4-6-7;2*1-2/h9-10,15-18H,1,11-12,24H2,2-8H3,(H,26,27);7H,2-6H2,1H3;1-2H;2H,1H3/b19-15+,20-10-,21-16+;;;/t17-,18+;;;/m1.../s1. The van der Waals surface area contributed by atoms with Crippen LogP contribution in [0.2, 0.25) is 0 Å². The van der Waals surface area contributed by atoms with Crippen LogP contribution < -0.4 is 5.73 Å². The number of carboxylic acids is 1. The van der Waals surface area contributed by atoms with Crippen molar-refractivity contribution in [2.24, 2.45) is 17.1 Å². The molecule has 1 aliphatic rings. The van der Waals surface area contributed by atoms with Gasteiger partial charge in [-0.05, 0) is 66.4 Å². The van der Waals surface area contributed by atoms with Crippen molar-refractivity contribution in [3.8, 4) is 24.7 Å². The first-order valence-electron chi connectivity index (χ1n) is 13.9. The maximum atomic E-state index is 11.7. The summed E-state index contributed by atoms with van der Waals surface area (Å²) >= 11 is 1.17. The van der Waals surface area contributed by atoms with Gasteiger partial charge in [-0.2, -0.15) is 0 Å². The second kappa shape index (κ2) is 25.2. The van der Waals surface area contributed by atoms with E-state index in [9.17, 15) is 9.90 Å². The molecule has 2 atom stereocenters. The Bertz CT molecular complexity index is 866. The minimum Gasteiger partial charge on any atom is -0.489 e. The third-order valence-electron chi connectivity index (χ3n) is 5.86. The zero-order chi connectivity index (χ0) is 31.7. The monoisotopic (exact) mass is 576 g/mol. The van der Waals surface area contributed by atoms with Crippen molar-refractivity contribution in [3.05, 3.63) is 46.7 Å². The molecule has 0 unspecified atom stereocenters. The Morgan fingerprint density at radius 2 is 1.75 bits per heavy atom. The lowest BCUT2D eigenvalue weighted by atomic mass is 9.91. The molecule has 0 bridgehead atoms. The van der Waals surface area contributed by atoms with Crippen LogP contribution in [-0.2, 0) is 9.53 Å². The number of rotatable bonds is 11. The number of nitrogens with two attached hydrogens (primary N) is 1. The minimum absolute atomic E-state index is 0.0155. The summed E-state index contributed by atoms with van der Waals surface area (Å²) in [5.41, 5.74) is 5.33. The summed E-state index contributed by atoms with van der Waals surface area (Å²) in [5, 5.41) is 16.6. The van der Waals surface area contributed by atoms with Crippen LogP contribution in [0.5, 0.6) is 0 Å². The van der Waals surface area contributed by atoms with Crippen molar-refractivity contribution in [2.45, 2.75) is 106 Å². The third-order valence-corrected chi connectivity index (χ3v) is 6.91. The van der Waals surface area contributed by atoms with Crippen molar-refractivity contribution in [3.63, 3.8) is 0 Å². The van der Waals surface area contributed by atoms with E-state index in [2.05, 4.69) is 45.1 Å². The molecule has 0 heterocycles. The highest BCUT2D eigenvalue weighted by atomic mass is 32.2. The molecule has 0 aromatic heterocycles. The normalized spacial score (nSPS) is 15.6. The number of carboxylic acid groups (broad SMARTS) is 1. The first-order valence-corrected chi connectivity index (χ1v) is 14.7. The Labute approximate surface area is 250 Å². The number of aliphatic hydroxyl groups is 1. The number of aliphatic carboxylic acids is 1. The Balaban J connectivity index is -0.00000104. The van der Waals surface area contributed by atoms with Crippen molar-refractivity contribution in [1.82, 2.24) is 4.90 Å². The second-order valence-corrected chi connectivity index (χ2v) is 11.7. The van der Waals surface area contributed by atoms with E-state index in [1.165, 1.54) is 50.1 Å². The number of aliphatic hydroxyl groups excluding tert-OH is 1. The number of nitrogens with zero attached hydrogens (tertiary/aromatic N) is 1. The van der Waals surface area contributed by atoms with Gasteiger partial charge in [-0.3, -0.25) is 0 Å². The molecule has 0 radical (unpaired) electrons. The number of ether oxygens (including phenoxy) is 1. The zero-order valence-corrected chi connectivity index (χ0v) is 27.3.